The summed E-state index contributed by atoms with van der Waals surface area (Å²) in [5.74, 6) is 1.40. The first-order valence-corrected chi connectivity index (χ1v) is 13.8. The van der Waals surface area contributed by atoms with Crippen molar-refractivity contribution in [2.75, 3.05) is 19.0 Å². The fourth-order valence-electron chi connectivity index (χ4n) is 5.82. The number of para-hydroxylation sites is 1. The van der Waals surface area contributed by atoms with E-state index in [-0.39, 0.29) is 18.0 Å². The molecule has 3 aromatic rings. The lowest BCUT2D eigenvalue weighted by Crippen LogP contribution is -2.52. The van der Waals surface area contributed by atoms with Crippen LogP contribution in [0.4, 0.5) is 16.2 Å². The smallest absolute Gasteiger partial charge is 0.327 e. The summed E-state index contributed by atoms with van der Waals surface area (Å²) < 4.78 is 5.98. The summed E-state index contributed by atoms with van der Waals surface area (Å²) in [6.45, 7) is 1.96. The van der Waals surface area contributed by atoms with E-state index in [0.29, 0.717) is 11.8 Å². The average Bonchev–Trinajstić information content (AvgIpc) is 3.51. The Kier molecular flexibility index (Phi) is 6.49. The number of urea groups is 1. The van der Waals surface area contributed by atoms with Crippen molar-refractivity contribution in [3.8, 4) is 11.5 Å². The van der Waals surface area contributed by atoms with Gasteiger partial charge in [0.25, 0.3) is 0 Å². The van der Waals surface area contributed by atoms with Gasteiger partial charge in [0.2, 0.25) is 5.91 Å². The number of anilines is 2. The number of pyridine rings is 1. The summed E-state index contributed by atoms with van der Waals surface area (Å²) in [6, 6.07) is 16.9. The van der Waals surface area contributed by atoms with Crippen LogP contribution in [-0.2, 0) is 4.79 Å². The Labute approximate surface area is 226 Å². The molecule has 1 aliphatic carbocycles. The molecule has 1 aromatic heterocycles. The Morgan fingerprint density at radius 2 is 1.92 bits per heavy atom. The number of nitrogens with zero attached hydrogens (tertiary/aromatic N) is 3. The maximum Gasteiger partial charge on any atom is 0.327 e. The number of carbonyl (C=O) groups excluding carboxylic acids is 2. The molecule has 38 heavy (non-hydrogen) atoms. The van der Waals surface area contributed by atoms with E-state index in [2.05, 4.69) is 34.6 Å². The Morgan fingerprint density at radius 1 is 1.11 bits per heavy atom. The molecule has 0 saturated heterocycles. The summed E-state index contributed by atoms with van der Waals surface area (Å²) >= 11 is 1.43. The van der Waals surface area contributed by atoms with Gasteiger partial charge in [-0.2, -0.15) is 0 Å². The molecule has 3 aliphatic rings. The number of benzene rings is 2. The van der Waals surface area contributed by atoms with Crippen LogP contribution in [0.3, 0.4) is 0 Å². The van der Waals surface area contributed by atoms with E-state index >= 15 is 0 Å². The van der Waals surface area contributed by atoms with Crippen molar-refractivity contribution in [2.45, 2.75) is 54.6 Å². The molecule has 2 aliphatic heterocycles. The number of thioether (sulfide) groups is 1. The van der Waals surface area contributed by atoms with Crippen LogP contribution in [0.25, 0.3) is 0 Å². The molecule has 0 bridgehead atoms. The highest BCUT2D eigenvalue weighted by Gasteiger charge is 2.47. The van der Waals surface area contributed by atoms with Gasteiger partial charge >= 0.3 is 6.03 Å². The normalized spacial score (nSPS) is 23.8. The van der Waals surface area contributed by atoms with Crippen LogP contribution in [0, 0.1) is 6.92 Å². The van der Waals surface area contributed by atoms with E-state index in [1.165, 1.54) is 11.8 Å². The zero-order chi connectivity index (χ0) is 26.4. The van der Waals surface area contributed by atoms with Crippen LogP contribution >= 0.6 is 11.8 Å². The summed E-state index contributed by atoms with van der Waals surface area (Å²) in [5.41, 5.74) is 3.32. The minimum atomic E-state index is -0.462. The zero-order valence-corrected chi connectivity index (χ0v) is 22.5. The van der Waals surface area contributed by atoms with Gasteiger partial charge in [0, 0.05) is 23.8 Å². The van der Waals surface area contributed by atoms with Gasteiger partial charge in [-0.3, -0.25) is 9.69 Å². The van der Waals surface area contributed by atoms with Gasteiger partial charge < -0.3 is 20.3 Å². The van der Waals surface area contributed by atoms with Crippen molar-refractivity contribution in [3.05, 3.63) is 71.9 Å². The Morgan fingerprint density at radius 3 is 2.68 bits per heavy atom. The molecule has 9 heteroatoms. The molecule has 6 rings (SSSR count). The molecule has 3 heterocycles. The number of hydrogen-bond acceptors (Lipinski definition) is 6. The first-order chi connectivity index (χ1) is 18.4. The number of nitrogens with one attached hydrogen (secondary N) is 2. The highest BCUT2D eigenvalue weighted by molar-refractivity contribution is 8.01. The van der Waals surface area contributed by atoms with E-state index < -0.39 is 11.3 Å². The van der Waals surface area contributed by atoms with Gasteiger partial charge in [0.15, 0.2) is 0 Å². The summed E-state index contributed by atoms with van der Waals surface area (Å²) in [6.07, 6.45) is 4.86. The molecule has 1 fully saturated rings. The van der Waals surface area contributed by atoms with E-state index in [1.54, 1.807) is 11.1 Å². The van der Waals surface area contributed by atoms with Crippen molar-refractivity contribution >= 4 is 35.1 Å². The van der Waals surface area contributed by atoms with E-state index in [9.17, 15) is 9.59 Å². The van der Waals surface area contributed by atoms with Crippen LogP contribution in [0.5, 0.6) is 11.5 Å². The van der Waals surface area contributed by atoms with Crippen molar-refractivity contribution in [1.82, 2.24) is 20.5 Å². The molecule has 2 N–H and O–H groups in total. The number of amides is 3. The fourth-order valence-corrected chi connectivity index (χ4v) is 7.06. The largest absolute Gasteiger partial charge is 0.457 e. The lowest BCUT2D eigenvalue weighted by atomic mass is 9.99. The minimum absolute atomic E-state index is 0.0463. The number of aryl methyl sites for hydroxylation is 1. The molecule has 1 saturated carbocycles. The predicted octanol–water partition coefficient (Wildman–Crippen LogP) is 5.16. The summed E-state index contributed by atoms with van der Waals surface area (Å²) in [7, 11) is 4.12. The Bertz CT molecular complexity index is 1380. The van der Waals surface area contributed by atoms with Gasteiger partial charge in [0.05, 0.1) is 17.4 Å². The average molecular weight is 530 g/mol. The van der Waals surface area contributed by atoms with E-state index in [0.717, 1.165) is 52.5 Å². The third-order valence-corrected chi connectivity index (χ3v) is 8.91. The van der Waals surface area contributed by atoms with Crippen molar-refractivity contribution < 1.29 is 14.3 Å². The van der Waals surface area contributed by atoms with Crippen LogP contribution < -0.4 is 20.3 Å². The summed E-state index contributed by atoms with van der Waals surface area (Å²) in [4.78, 5) is 35.5. The maximum atomic E-state index is 13.5. The number of ether oxygens (including phenoxy) is 1. The molecule has 8 nitrogen and oxygen atoms in total. The molecule has 0 spiro atoms. The van der Waals surface area contributed by atoms with E-state index in [1.807, 2.05) is 61.5 Å². The SMILES string of the molecule is Cc1cc(Oc2ccccc2)ccc1N1C(=O)NC2c3c1ccnc3SC2C(=O)N[C@@H]1CCC[C@@H]1N(C)C. The highest BCUT2D eigenvalue weighted by Crippen LogP contribution is 2.51. The number of aromatic nitrogens is 1. The molecule has 3 amide bonds. The Hall–Kier alpha value is -3.56. The lowest BCUT2D eigenvalue weighted by Gasteiger charge is -2.35. The van der Waals surface area contributed by atoms with Crippen LogP contribution in [0.1, 0.15) is 36.4 Å². The van der Waals surface area contributed by atoms with Gasteiger partial charge in [-0.1, -0.05) is 30.0 Å². The number of carbonyl (C=O) groups is 2. The molecule has 4 atom stereocenters. The molecule has 2 unspecified atom stereocenters. The minimum Gasteiger partial charge on any atom is -0.457 e. The summed E-state index contributed by atoms with van der Waals surface area (Å²) in [5, 5.41) is 6.72. The van der Waals surface area contributed by atoms with Gasteiger partial charge in [0.1, 0.15) is 21.8 Å². The molecule has 2 aromatic carbocycles. The number of likely N-dealkylation sites (N-methyl/N-ethyl adjacent to an activating group) is 1. The molecule has 0 radical (unpaired) electrons. The van der Waals surface area contributed by atoms with Crippen molar-refractivity contribution in [1.29, 1.82) is 0 Å². The maximum absolute atomic E-state index is 13.5. The van der Waals surface area contributed by atoms with Gasteiger partial charge in [-0.05, 0) is 82.2 Å². The Balaban J connectivity index is 1.26. The van der Waals surface area contributed by atoms with Crippen LogP contribution in [0.15, 0.2) is 65.8 Å². The van der Waals surface area contributed by atoms with Crippen LogP contribution in [-0.4, -0.2) is 53.3 Å². The fraction of sp³-hybridized carbons (Fsp3) is 0.345. The van der Waals surface area contributed by atoms with Gasteiger partial charge in [-0.15, -0.1) is 0 Å². The second-order valence-corrected chi connectivity index (χ2v) is 11.4. The number of rotatable bonds is 6. The van der Waals surface area contributed by atoms with E-state index in [4.69, 9.17) is 4.74 Å². The second kappa shape index (κ2) is 9.96. The third-order valence-electron chi connectivity index (χ3n) is 7.62. The first-order valence-electron chi connectivity index (χ1n) is 13.0. The number of hydrogen-bond donors (Lipinski definition) is 2. The lowest BCUT2D eigenvalue weighted by molar-refractivity contribution is -0.121. The monoisotopic (exact) mass is 529 g/mol. The second-order valence-electron chi connectivity index (χ2n) is 10.3. The standard InChI is InChI=1S/C29H31N5O3S/c1-17-16-19(37-18-8-5-4-6-9-18)12-13-21(17)34-23-14-15-30-28-24(23)25(32-29(34)36)26(38-28)27(35)31-20-10-7-11-22(20)33(2)3/h4-6,8-9,12-16,20,22,25-26H,7,10-11H2,1-3H3,(H,31,35)(H,32,36)/t20-,22+,25?,26?/m1/s1. The molecular formula is C29H31N5O3S. The highest BCUT2D eigenvalue weighted by atomic mass is 32.2. The molecular weight excluding hydrogens is 498 g/mol. The van der Waals surface area contributed by atoms with Gasteiger partial charge in [-0.25, -0.2) is 9.78 Å². The first kappa shape index (κ1) is 24.8. The third kappa shape index (κ3) is 4.39. The van der Waals surface area contributed by atoms with Crippen molar-refractivity contribution in [2.24, 2.45) is 0 Å². The van der Waals surface area contributed by atoms with Crippen LogP contribution in [0.2, 0.25) is 0 Å². The quantitative estimate of drug-likeness (QED) is 0.459. The molecule has 196 valence electrons. The predicted molar refractivity (Wildman–Crippen MR) is 148 cm³/mol. The van der Waals surface area contributed by atoms with Crippen molar-refractivity contribution in [3.63, 3.8) is 0 Å². The topological polar surface area (TPSA) is 86.8 Å². The zero-order valence-electron chi connectivity index (χ0n) is 21.7.